The maximum Gasteiger partial charge on any atom is 0.190 e. The molecule has 18 heavy (non-hydrogen) atoms. The molecule has 0 radical (unpaired) electrons. The van der Waals surface area contributed by atoms with E-state index in [9.17, 15) is 19.8 Å². The van der Waals surface area contributed by atoms with E-state index in [-0.39, 0.29) is 5.39 Å². The molecule has 0 spiro atoms. The van der Waals surface area contributed by atoms with E-state index in [1.54, 1.807) is 18.2 Å². The van der Waals surface area contributed by atoms with Gasteiger partial charge < -0.3 is 10.2 Å². The fourth-order valence-corrected chi connectivity index (χ4v) is 1.78. The van der Waals surface area contributed by atoms with Gasteiger partial charge in [0.25, 0.3) is 0 Å². The Morgan fingerprint density at radius 1 is 1.11 bits per heavy atom. The van der Waals surface area contributed by atoms with Crippen molar-refractivity contribution in [2.24, 2.45) is 0 Å². The van der Waals surface area contributed by atoms with Crippen molar-refractivity contribution in [2.45, 2.75) is 0 Å². The highest BCUT2D eigenvalue weighted by molar-refractivity contribution is 5.97. The quantitative estimate of drug-likeness (QED) is 0.478. The SMILES string of the molecule is O=C/C=C/c1cc(O)c(O)c2c(=O)ccccc12. The molecule has 2 aromatic carbocycles. The van der Waals surface area contributed by atoms with E-state index >= 15 is 0 Å². The second kappa shape index (κ2) is 4.71. The molecule has 0 saturated carbocycles. The van der Waals surface area contributed by atoms with Gasteiger partial charge in [-0.1, -0.05) is 24.3 Å². The average Bonchev–Trinajstić information content (AvgIpc) is 2.54. The number of aromatic hydroxyl groups is 2. The van der Waals surface area contributed by atoms with Gasteiger partial charge in [0.15, 0.2) is 16.9 Å². The third-order valence-corrected chi connectivity index (χ3v) is 2.57. The summed E-state index contributed by atoms with van der Waals surface area (Å²) in [6, 6.07) is 7.44. The number of hydrogen-bond acceptors (Lipinski definition) is 4. The molecule has 0 aliphatic carbocycles. The van der Waals surface area contributed by atoms with Crippen molar-refractivity contribution in [3.8, 4) is 11.5 Å². The Labute approximate surface area is 102 Å². The van der Waals surface area contributed by atoms with Gasteiger partial charge in [-0.05, 0) is 29.2 Å². The average molecular weight is 242 g/mol. The highest BCUT2D eigenvalue weighted by Gasteiger charge is 2.10. The Hall–Kier alpha value is -2.62. The summed E-state index contributed by atoms with van der Waals surface area (Å²) in [4.78, 5) is 22.1. The number of fused-ring (bicyclic) bond motifs is 1. The molecule has 0 aromatic heterocycles. The van der Waals surface area contributed by atoms with Gasteiger partial charge in [-0.15, -0.1) is 0 Å². The molecule has 0 aliphatic heterocycles. The third-order valence-electron chi connectivity index (χ3n) is 2.57. The van der Waals surface area contributed by atoms with Crippen LogP contribution in [0.4, 0.5) is 0 Å². The van der Waals surface area contributed by atoms with E-state index in [0.717, 1.165) is 0 Å². The van der Waals surface area contributed by atoms with Crippen molar-refractivity contribution in [1.82, 2.24) is 0 Å². The van der Waals surface area contributed by atoms with Gasteiger partial charge in [0.2, 0.25) is 0 Å². The van der Waals surface area contributed by atoms with E-state index < -0.39 is 16.9 Å². The van der Waals surface area contributed by atoms with Gasteiger partial charge in [-0.25, -0.2) is 0 Å². The normalized spacial score (nSPS) is 10.9. The predicted octanol–water partition coefficient (Wildman–Crippen LogP) is 1.82. The summed E-state index contributed by atoms with van der Waals surface area (Å²) in [7, 11) is 0. The number of aldehydes is 1. The molecule has 2 aromatic rings. The smallest absolute Gasteiger partial charge is 0.190 e. The second-order valence-electron chi connectivity index (χ2n) is 3.70. The highest BCUT2D eigenvalue weighted by Crippen LogP contribution is 2.34. The van der Waals surface area contributed by atoms with Crippen molar-refractivity contribution in [1.29, 1.82) is 0 Å². The molecule has 90 valence electrons. The molecule has 0 bridgehead atoms. The monoisotopic (exact) mass is 242 g/mol. The van der Waals surface area contributed by atoms with Gasteiger partial charge in [-0.2, -0.15) is 0 Å². The van der Waals surface area contributed by atoms with Crippen LogP contribution in [0.25, 0.3) is 16.8 Å². The number of rotatable bonds is 2. The van der Waals surface area contributed by atoms with Crippen molar-refractivity contribution in [3.05, 3.63) is 52.2 Å². The van der Waals surface area contributed by atoms with E-state index in [1.807, 2.05) is 0 Å². The molecule has 0 amide bonds. The lowest BCUT2D eigenvalue weighted by Gasteiger charge is -2.04. The number of hydrogen-bond donors (Lipinski definition) is 2. The van der Waals surface area contributed by atoms with Crippen molar-refractivity contribution >= 4 is 23.1 Å². The van der Waals surface area contributed by atoms with Crippen LogP contribution in [0.2, 0.25) is 0 Å². The second-order valence-corrected chi connectivity index (χ2v) is 3.70. The van der Waals surface area contributed by atoms with Crippen LogP contribution in [0.1, 0.15) is 5.56 Å². The van der Waals surface area contributed by atoms with Crippen LogP contribution in [0, 0.1) is 0 Å². The third kappa shape index (κ3) is 1.96. The van der Waals surface area contributed by atoms with Crippen molar-refractivity contribution in [3.63, 3.8) is 0 Å². The molecule has 0 saturated heterocycles. The van der Waals surface area contributed by atoms with Crippen LogP contribution >= 0.6 is 0 Å². The molecule has 0 unspecified atom stereocenters. The minimum absolute atomic E-state index is 0.0329. The minimum Gasteiger partial charge on any atom is -0.504 e. The summed E-state index contributed by atoms with van der Waals surface area (Å²) in [5.74, 6) is -0.842. The number of phenols is 2. The summed E-state index contributed by atoms with van der Waals surface area (Å²) in [6.07, 6.45) is 3.31. The van der Waals surface area contributed by atoms with E-state index in [4.69, 9.17) is 0 Å². The zero-order valence-electron chi connectivity index (χ0n) is 9.33. The zero-order valence-corrected chi connectivity index (χ0v) is 9.33. The van der Waals surface area contributed by atoms with Crippen molar-refractivity contribution < 1.29 is 15.0 Å². The maximum atomic E-state index is 11.8. The fourth-order valence-electron chi connectivity index (χ4n) is 1.78. The Bertz CT molecular complexity index is 702. The number of phenolic OH excluding ortho intramolecular Hbond substituents is 2. The lowest BCUT2D eigenvalue weighted by atomic mass is 10.0. The first-order valence-corrected chi connectivity index (χ1v) is 5.25. The molecule has 2 N–H and O–H groups in total. The minimum atomic E-state index is -0.450. The Balaban J connectivity index is 2.99. The Morgan fingerprint density at radius 2 is 1.83 bits per heavy atom. The van der Waals surface area contributed by atoms with Crippen LogP contribution < -0.4 is 5.43 Å². The first-order chi connectivity index (χ1) is 8.65. The number of benzene rings is 1. The standard InChI is InChI=1S/C14H10O4/c15-7-3-4-9-8-12(17)14(18)13-10(9)5-1-2-6-11(13)16/h1-8,17-18H/b4-3+. The Morgan fingerprint density at radius 3 is 2.56 bits per heavy atom. The number of allylic oxidation sites excluding steroid dienone is 1. The van der Waals surface area contributed by atoms with Crippen LogP contribution in [-0.2, 0) is 4.79 Å². The molecule has 0 heterocycles. The van der Waals surface area contributed by atoms with Gasteiger partial charge in [0.05, 0.1) is 5.39 Å². The summed E-state index contributed by atoms with van der Waals surface area (Å²) < 4.78 is 0. The lowest BCUT2D eigenvalue weighted by Crippen LogP contribution is -1.96. The number of carbonyl (C=O) groups is 1. The number of carbonyl (C=O) groups excluding carboxylic acids is 1. The summed E-state index contributed by atoms with van der Waals surface area (Å²) in [5.41, 5.74) is 0.0878. The predicted molar refractivity (Wildman–Crippen MR) is 68.6 cm³/mol. The topological polar surface area (TPSA) is 74.6 Å². The van der Waals surface area contributed by atoms with Gasteiger partial charge in [0.1, 0.15) is 6.29 Å². The largest absolute Gasteiger partial charge is 0.504 e. The van der Waals surface area contributed by atoms with Gasteiger partial charge in [0, 0.05) is 0 Å². The van der Waals surface area contributed by atoms with Crippen LogP contribution in [0.5, 0.6) is 11.5 Å². The summed E-state index contributed by atoms with van der Waals surface area (Å²) >= 11 is 0. The van der Waals surface area contributed by atoms with E-state index in [1.165, 1.54) is 24.3 Å². The fraction of sp³-hybridized carbons (Fsp3) is 0. The molecule has 0 atom stereocenters. The van der Waals surface area contributed by atoms with E-state index in [0.29, 0.717) is 17.2 Å². The van der Waals surface area contributed by atoms with Gasteiger partial charge in [-0.3, -0.25) is 9.59 Å². The first-order valence-electron chi connectivity index (χ1n) is 5.25. The van der Waals surface area contributed by atoms with Crippen LogP contribution in [0.15, 0.2) is 41.2 Å². The van der Waals surface area contributed by atoms with Crippen LogP contribution in [0.3, 0.4) is 0 Å². The molecule has 0 fully saturated rings. The summed E-state index contributed by atoms with van der Waals surface area (Å²) in [5, 5.41) is 19.9. The Kier molecular flexibility index (Phi) is 3.10. The lowest BCUT2D eigenvalue weighted by molar-refractivity contribution is -0.104. The highest BCUT2D eigenvalue weighted by atomic mass is 16.3. The first kappa shape index (κ1) is 11.9. The molecule has 4 heteroatoms. The molecule has 4 nitrogen and oxygen atoms in total. The molecule has 2 rings (SSSR count). The summed E-state index contributed by atoms with van der Waals surface area (Å²) in [6.45, 7) is 0. The maximum absolute atomic E-state index is 11.8. The molecular weight excluding hydrogens is 232 g/mol. The van der Waals surface area contributed by atoms with Crippen LogP contribution in [-0.4, -0.2) is 16.5 Å². The van der Waals surface area contributed by atoms with Gasteiger partial charge >= 0.3 is 0 Å². The van der Waals surface area contributed by atoms with E-state index in [2.05, 4.69) is 0 Å². The molecular formula is C14H10O4. The molecule has 0 aliphatic rings. The van der Waals surface area contributed by atoms with Crippen molar-refractivity contribution in [2.75, 3.05) is 0 Å². The zero-order chi connectivity index (χ0) is 13.1.